The van der Waals surface area contributed by atoms with Crippen LogP contribution >= 0.6 is 0 Å². The van der Waals surface area contributed by atoms with Crippen LogP contribution in [0.15, 0.2) is 0 Å². The lowest BCUT2D eigenvalue weighted by atomic mass is 10.0. The van der Waals surface area contributed by atoms with Crippen LogP contribution in [0.5, 0.6) is 0 Å². The second-order valence-electron chi connectivity index (χ2n) is 5.99. The minimum absolute atomic E-state index is 0.0232. The SMILES string of the molecule is CC(C)CCCCN1C(=O)C(C(C)C)NC1C. The molecule has 1 fully saturated rings. The Bertz CT molecular complexity index is 251. The Morgan fingerprint density at radius 2 is 1.88 bits per heavy atom. The molecule has 0 saturated carbocycles. The molecule has 2 atom stereocenters. The number of carbonyl (C=O) groups excluding carboxylic acids is 1. The number of hydrogen-bond donors (Lipinski definition) is 1. The maximum absolute atomic E-state index is 12.1. The Hall–Kier alpha value is -0.570. The van der Waals surface area contributed by atoms with Gasteiger partial charge in [-0.2, -0.15) is 0 Å². The van der Waals surface area contributed by atoms with Gasteiger partial charge in [0, 0.05) is 6.54 Å². The molecule has 17 heavy (non-hydrogen) atoms. The molecule has 0 aromatic carbocycles. The third kappa shape index (κ3) is 3.98. The Morgan fingerprint density at radius 3 is 2.35 bits per heavy atom. The fraction of sp³-hybridized carbons (Fsp3) is 0.929. The van der Waals surface area contributed by atoms with Crippen LogP contribution in [0.4, 0.5) is 0 Å². The van der Waals surface area contributed by atoms with Crippen LogP contribution in [0.3, 0.4) is 0 Å². The summed E-state index contributed by atoms with van der Waals surface area (Å²) >= 11 is 0. The van der Waals surface area contributed by atoms with Gasteiger partial charge < -0.3 is 4.90 Å². The summed E-state index contributed by atoms with van der Waals surface area (Å²) in [4.78, 5) is 14.2. The van der Waals surface area contributed by atoms with Crippen molar-refractivity contribution in [2.75, 3.05) is 6.54 Å². The van der Waals surface area contributed by atoms with Crippen LogP contribution in [0.1, 0.15) is 53.9 Å². The molecule has 3 nitrogen and oxygen atoms in total. The molecular formula is C14H28N2O. The molecule has 0 aliphatic carbocycles. The van der Waals surface area contributed by atoms with Gasteiger partial charge in [0.1, 0.15) is 0 Å². The molecule has 1 rings (SSSR count). The van der Waals surface area contributed by atoms with E-state index in [0.29, 0.717) is 5.92 Å². The lowest BCUT2D eigenvalue weighted by Crippen LogP contribution is -2.35. The Balaban J connectivity index is 2.36. The molecule has 0 radical (unpaired) electrons. The van der Waals surface area contributed by atoms with Gasteiger partial charge in [0.05, 0.1) is 12.2 Å². The number of carbonyl (C=O) groups is 1. The van der Waals surface area contributed by atoms with E-state index in [1.807, 2.05) is 4.90 Å². The lowest BCUT2D eigenvalue weighted by molar-refractivity contribution is -0.130. The maximum Gasteiger partial charge on any atom is 0.241 e. The van der Waals surface area contributed by atoms with Crippen LogP contribution in [0.25, 0.3) is 0 Å². The summed E-state index contributed by atoms with van der Waals surface area (Å²) in [5, 5.41) is 3.38. The first kappa shape index (κ1) is 14.5. The van der Waals surface area contributed by atoms with Gasteiger partial charge >= 0.3 is 0 Å². The monoisotopic (exact) mass is 240 g/mol. The fourth-order valence-corrected chi connectivity index (χ4v) is 2.41. The van der Waals surface area contributed by atoms with Crippen molar-refractivity contribution in [2.45, 2.75) is 66.1 Å². The maximum atomic E-state index is 12.1. The van der Waals surface area contributed by atoms with Crippen molar-refractivity contribution in [3.8, 4) is 0 Å². The predicted octanol–water partition coefficient (Wildman–Crippen LogP) is 2.62. The highest BCUT2D eigenvalue weighted by Crippen LogP contribution is 2.17. The van der Waals surface area contributed by atoms with Crippen molar-refractivity contribution >= 4 is 5.91 Å². The minimum Gasteiger partial charge on any atom is -0.326 e. The summed E-state index contributed by atoms with van der Waals surface area (Å²) in [5.41, 5.74) is 0. The van der Waals surface area contributed by atoms with Gasteiger partial charge in [-0.25, -0.2) is 0 Å². The summed E-state index contributed by atoms with van der Waals surface area (Å²) in [6.45, 7) is 11.7. The predicted molar refractivity (Wildman–Crippen MR) is 71.6 cm³/mol. The minimum atomic E-state index is 0.0232. The average molecular weight is 240 g/mol. The summed E-state index contributed by atoms with van der Waals surface area (Å²) < 4.78 is 0. The van der Waals surface area contributed by atoms with Crippen LogP contribution in [-0.2, 0) is 4.79 Å². The summed E-state index contributed by atoms with van der Waals surface area (Å²) in [6, 6.07) is 0.0232. The summed E-state index contributed by atoms with van der Waals surface area (Å²) in [5.74, 6) is 1.44. The van der Waals surface area contributed by atoms with Gasteiger partial charge in [-0.3, -0.25) is 10.1 Å². The van der Waals surface area contributed by atoms with E-state index >= 15 is 0 Å². The molecule has 0 aromatic rings. The smallest absolute Gasteiger partial charge is 0.241 e. The number of nitrogens with one attached hydrogen (secondary N) is 1. The van der Waals surface area contributed by atoms with Crippen molar-refractivity contribution < 1.29 is 4.79 Å². The van der Waals surface area contributed by atoms with Crippen molar-refractivity contribution in [2.24, 2.45) is 11.8 Å². The zero-order valence-electron chi connectivity index (χ0n) is 12.0. The third-order valence-corrected chi connectivity index (χ3v) is 3.53. The molecule has 1 aliphatic rings. The van der Waals surface area contributed by atoms with E-state index in [1.54, 1.807) is 0 Å². The molecule has 1 amide bonds. The molecule has 3 heteroatoms. The van der Waals surface area contributed by atoms with E-state index < -0.39 is 0 Å². The molecule has 2 unspecified atom stereocenters. The van der Waals surface area contributed by atoms with E-state index in [9.17, 15) is 4.79 Å². The first-order chi connectivity index (χ1) is 7.93. The van der Waals surface area contributed by atoms with E-state index in [0.717, 1.165) is 18.9 Å². The second-order valence-corrected chi connectivity index (χ2v) is 5.99. The van der Waals surface area contributed by atoms with Crippen LogP contribution in [0, 0.1) is 11.8 Å². The zero-order chi connectivity index (χ0) is 13.0. The number of nitrogens with zero attached hydrogens (tertiary/aromatic N) is 1. The van der Waals surface area contributed by atoms with Crippen molar-refractivity contribution in [3.05, 3.63) is 0 Å². The number of amides is 1. The van der Waals surface area contributed by atoms with Gasteiger partial charge in [-0.1, -0.05) is 40.5 Å². The van der Waals surface area contributed by atoms with Gasteiger partial charge in [0.25, 0.3) is 0 Å². The van der Waals surface area contributed by atoms with E-state index in [1.165, 1.54) is 12.8 Å². The quantitative estimate of drug-likeness (QED) is 0.724. The standard InChI is InChI=1S/C14H28N2O/c1-10(2)8-6-7-9-16-12(5)15-13(11(3)4)14(16)17/h10-13,15H,6-9H2,1-5H3. The molecule has 1 N–H and O–H groups in total. The van der Waals surface area contributed by atoms with Gasteiger partial charge in [-0.15, -0.1) is 0 Å². The molecule has 0 spiro atoms. The normalized spacial score (nSPS) is 25.4. The van der Waals surface area contributed by atoms with E-state index in [-0.39, 0.29) is 18.1 Å². The third-order valence-electron chi connectivity index (χ3n) is 3.53. The number of unbranched alkanes of at least 4 members (excludes halogenated alkanes) is 1. The topological polar surface area (TPSA) is 32.3 Å². The van der Waals surface area contributed by atoms with Crippen molar-refractivity contribution in [3.63, 3.8) is 0 Å². The Labute approximate surface area is 106 Å². The first-order valence-electron chi connectivity index (χ1n) is 7.00. The van der Waals surface area contributed by atoms with Crippen LogP contribution in [0.2, 0.25) is 0 Å². The molecular weight excluding hydrogens is 212 g/mol. The summed E-state index contributed by atoms with van der Waals surface area (Å²) in [6.07, 6.45) is 3.81. The van der Waals surface area contributed by atoms with Crippen molar-refractivity contribution in [1.29, 1.82) is 0 Å². The van der Waals surface area contributed by atoms with Gasteiger partial charge in [0.15, 0.2) is 0 Å². The molecule has 1 heterocycles. The highest BCUT2D eigenvalue weighted by Gasteiger charge is 2.37. The van der Waals surface area contributed by atoms with Crippen LogP contribution in [-0.4, -0.2) is 29.6 Å². The molecule has 1 aliphatic heterocycles. The fourth-order valence-electron chi connectivity index (χ4n) is 2.41. The van der Waals surface area contributed by atoms with E-state index in [4.69, 9.17) is 0 Å². The van der Waals surface area contributed by atoms with Crippen LogP contribution < -0.4 is 5.32 Å². The largest absolute Gasteiger partial charge is 0.326 e. The Morgan fingerprint density at radius 1 is 1.24 bits per heavy atom. The zero-order valence-corrected chi connectivity index (χ0v) is 12.0. The van der Waals surface area contributed by atoms with Crippen molar-refractivity contribution in [1.82, 2.24) is 10.2 Å². The molecule has 100 valence electrons. The molecule has 0 aromatic heterocycles. The van der Waals surface area contributed by atoms with E-state index in [2.05, 4.69) is 39.9 Å². The van der Waals surface area contributed by atoms with Gasteiger partial charge in [0.2, 0.25) is 5.91 Å². The lowest BCUT2D eigenvalue weighted by Gasteiger charge is -2.21. The molecule has 1 saturated heterocycles. The molecule has 0 bridgehead atoms. The second kappa shape index (κ2) is 6.39. The first-order valence-corrected chi connectivity index (χ1v) is 7.00. The summed E-state index contributed by atoms with van der Waals surface area (Å²) in [7, 11) is 0. The average Bonchev–Trinajstić information content (AvgIpc) is 2.50. The number of rotatable bonds is 6. The number of hydrogen-bond acceptors (Lipinski definition) is 2. The highest BCUT2D eigenvalue weighted by molar-refractivity contribution is 5.84. The highest BCUT2D eigenvalue weighted by atomic mass is 16.2. The Kier molecular flexibility index (Phi) is 5.44. The van der Waals surface area contributed by atoms with Gasteiger partial charge in [-0.05, 0) is 25.2 Å².